The number of fused-ring (bicyclic) bond motifs is 4. The van der Waals surface area contributed by atoms with E-state index in [0.29, 0.717) is 12.6 Å². The van der Waals surface area contributed by atoms with Gasteiger partial charge < -0.3 is 10.1 Å². The number of aromatic nitrogens is 3. The SMILES string of the molecule is Cc1nc(N[C@H](C)CCc2ccccc2)c2sc3nc4c(cc3c2n1)COC(C)(C)C4. The zero-order valence-electron chi connectivity index (χ0n) is 18.5. The van der Waals surface area contributed by atoms with Gasteiger partial charge in [-0.25, -0.2) is 15.0 Å². The molecular weight excluding hydrogens is 404 g/mol. The molecule has 5 nitrogen and oxygen atoms in total. The standard InChI is InChI=1S/C25H28N4OS/c1-15(10-11-17-8-6-5-7-9-17)26-23-22-21(27-16(2)28-23)19-12-18-14-30-25(3,4)13-20(18)29-24(19)31-22/h5-9,12,15H,10-11,13-14H2,1-4H3,(H,26,27,28)/t15-/m1/s1. The van der Waals surface area contributed by atoms with E-state index in [1.807, 2.05) is 6.92 Å². The summed E-state index contributed by atoms with van der Waals surface area (Å²) in [5.74, 6) is 1.70. The molecule has 6 heteroatoms. The molecule has 4 aromatic rings. The molecule has 1 N–H and O–H groups in total. The highest BCUT2D eigenvalue weighted by atomic mass is 32.1. The van der Waals surface area contributed by atoms with Crippen molar-refractivity contribution in [3.63, 3.8) is 0 Å². The molecule has 1 aromatic carbocycles. The van der Waals surface area contributed by atoms with Crippen LogP contribution in [0.4, 0.5) is 5.82 Å². The van der Waals surface area contributed by atoms with Gasteiger partial charge in [0.1, 0.15) is 16.5 Å². The van der Waals surface area contributed by atoms with Crippen molar-refractivity contribution in [2.75, 3.05) is 5.32 Å². The Morgan fingerprint density at radius 3 is 2.77 bits per heavy atom. The van der Waals surface area contributed by atoms with Crippen LogP contribution in [-0.2, 0) is 24.2 Å². The number of thiophene rings is 1. The molecule has 1 aliphatic rings. The van der Waals surface area contributed by atoms with E-state index in [1.54, 1.807) is 11.3 Å². The van der Waals surface area contributed by atoms with Crippen molar-refractivity contribution in [1.29, 1.82) is 0 Å². The molecule has 0 saturated carbocycles. The third-order valence-electron chi connectivity index (χ3n) is 5.89. The normalized spacial score (nSPS) is 16.4. The average molecular weight is 433 g/mol. The van der Waals surface area contributed by atoms with Gasteiger partial charge in [-0.1, -0.05) is 30.3 Å². The van der Waals surface area contributed by atoms with E-state index in [9.17, 15) is 0 Å². The monoisotopic (exact) mass is 432 g/mol. The molecule has 160 valence electrons. The molecule has 0 saturated heterocycles. The van der Waals surface area contributed by atoms with E-state index in [1.165, 1.54) is 11.1 Å². The smallest absolute Gasteiger partial charge is 0.148 e. The predicted octanol–water partition coefficient (Wildman–Crippen LogP) is 5.83. The van der Waals surface area contributed by atoms with Crippen molar-refractivity contribution in [3.05, 3.63) is 59.0 Å². The molecular formula is C25H28N4OS. The summed E-state index contributed by atoms with van der Waals surface area (Å²) in [6.45, 7) is 9.03. The Morgan fingerprint density at radius 1 is 1.16 bits per heavy atom. The predicted molar refractivity (Wildman–Crippen MR) is 128 cm³/mol. The fourth-order valence-corrected chi connectivity index (χ4v) is 5.26. The quantitative estimate of drug-likeness (QED) is 0.430. The number of pyridine rings is 1. The van der Waals surface area contributed by atoms with Crippen molar-refractivity contribution in [2.24, 2.45) is 0 Å². The summed E-state index contributed by atoms with van der Waals surface area (Å²) >= 11 is 1.69. The minimum atomic E-state index is -0.165. The third kappa shape index (κ3) is 4.14. The maximum absolute atomic E-state index is 6.01. The highest BCUT2D eigenvalue weighted by Crippen LogP contribution is 2.38. The summed E-state index contributed by atoms with van der Waals surface area (Å²) in [4.78, 5) is 15.6. The van der Waals surface area contributed by atoms with Crippen LogP contribution in [0.15, 0.2) is 36.4 Å². The van der Waals surface area contributed by atoms with E-state index >= 15 is 0 Å². The van der Waals surface area contributed by atoms with Crippen LogP contribution in [0.5, 0.6) is 0 Å². The maximum Gasteiger partial charge on any atom is 0.148 e. The van der Waals surface area contributed by atoms with Crippen LogP contribution < -0.4 is 5.32 Å². The summed E-state index contributed by atoms with van der Waals surface area (Å²) in [6.07, 6.45) is 2.91. The molecule has 1 aliphatic heterocycles. The van der Waals surface area contributed by atoms with Gasteiger partial charge >= 0.3 is 0 Å². The van der Waals surface area contributed by atoms with Crippen molar-refractivity contribution in [2.45, 2.75) is 65.2 Å². The molecule has 0 unspecified atom stereocenters. The number of aryl methyl sites for hydroxylation is 2. The molecule has 0 radical (unpaired) electrons. The summed E-state index contributed by atoms with van der Waals surface area (Å²) in [5.41, 5.74) is 4.51. The van der Waals surface area contributed by atoms with E-state index in [2.05, 4.69) is 62.5 Å². The van der Waals surface area contributed by atoms with Crippen LogP contribution in [0.25, 0.3) is 20.4 Å². The first-order valence-electron chi connectivity index (χ1n) is 10.9. The van der Waals surface area contributed by atoms with Crippen LogP contribution in [0.3, 0.4) is 0 Å². The number of ether oxygens (including phenoxy) is 1. The largest absolute Gasteiger partial charge is 0.370 e. The van der Waals surface area contributed by atoms with Gasteiger partial charge in [0.05, 0.1) is 28.1 Å². The highest BCUT2D eigenvalue weighted by molar-refractivity contribution is 7.25. The van der Waals surface area contributed by atoms with Gasteiger partial charge in [0.2, 0.25) is 0 Å². The van der Waals surface area contributed by atoms with Crippen molar-refractivity contribution in [1.82, 2.24) is 15.0 Å². The van der Waals surface area contributed by atoms with E-state index in [-0.39, 0.29) is 5.60 Å². The Labute approximate surface area is 186 Å². The number of nitrogens with one attached hydrogen (secondary N) is 1. The Morgan fingerprint density at radius 2 is 1.97 bits per heavy atom. The van der Waals surface area contributed by atoms with Gasteiger partial charge in [-0.15, -0.1) is 11.3 Å². The maximum atomic E-state index is 6.01. The molecule has 0 spiro atoms. The minimum absolute atomic E-state index is 0.165. The second kappa shape index (κ2) is 7.84. The fraction of sp³-hybridized carbons (Fsp3) is 0.400. The van der Waals surface area contributed by atoms with Gasteiger partial charge in [0.15, 0.2) is 0 Å². The van der Waals surface area contributed by atoms with Crippen LogP contribution in [-0.4, -0.2) is 26.6 Å². The second-order valence-corrected chi connectivity index (χ2v) is 10.1. The van der Waals surface area contributed by atoms with Gasteiger partial charge in [0, 0.05) is 23.4 Å². The van der Waals surface area contributed by atoms with Gasteiger partial charge in [-0.3, -0.25) is 0 Å². The molecule has 31 heavy (non-hydrogen) atoms. The lowest BCUT2D eigenvalue weighted by Crippen LogP contribution is -2.32. The number of nitrogens with zero attached hydrogens (tertiary/aromatic N) is 3. The highest BCUT2D eigenvalue weighted by Gasteiger charge is 2.28. The summed E-state index contributed by atoms with van der Waals surface area (Å²) < 4.78 is 7.10. The van der Waals surface area contributed by atoms with Crippen molar-refractivity contribution >= 4 is 37.6 Å². The Bertz CT molecular complexity index is 1250. The van der Waals surface area contributed by atoms with Gasteiger partial charge in [-0.05, 0) is 52.2 Å². The Hall–Kier alpha value is -2.57. The minimum Gasteiger partial charge on any atom is -0.370 e. The summed E-state index contributed by atoms with van der Waals surface area (Å²) in [6, 6.07) is 13.2. The number of anilines is 1. The van der Waals surface area contributed by atoms with Crippen LogP contribution in [0, 0.1) is 6.92 Å². The molecule has 0 aliphatic carbocycles. The second-order valence-electron chi connectivity index (χ2n) is 9.14. The van der Waals surface area contributed by atoms with E-state index in [0.717, 1.165) is 57.0 Å². The number of rotatable bonds is 5. The van der Waals surface area contributed by atoms with Crippen LogP contribution in [0.1, 0.15) is 49.8 Å². The first kappa shape index (κ1) is 20.3. The van der Waals surface area contributed by atoms with Gasteiger partial charge in [0.25, 0.3) is 0 Å². The molecule has 4 heterocycles. The van der Waals surface area contributed by atoms with E-state index < -0.39 is 0 Å². The molecule has 0 amide bonds. The zero-order valence-corrected chi connectivity index (χ0v) is 19.3. The molecule has 5 rings (SSSR count). The summed E-state index contributed by atoms with van der Waals surface area (Å²) in [5, 5.41) is 4.75. The fourth-order valence-electron chi connectivity index (χ4n) is 4.20. The van der Waals surface area contributed by atoms with Crippen LogP contribution in [0.2, 0.25) is 0 Å². The lowest BCUT2D eigenvalue weighted by Gasteiger charge is -2.30. The Kier molecular flexibility index (Phi) is 5.15. The zero-order chi connectivity index (χ0) is 21.6. The van der Waals surface area contributed by atoms with Crippen LogP contribution >= 0.6 is 11.3 Å². The molecule has 0 fully saturated rings. The third-order valence-corrected chi connectivity index (χ3v) is 6.99. The number of hydrogen-bond acceptors (Lipinski definition) is 6. The topological polar surface area (TPSA) is 59.9 Å². The molecule has 3 aromatic heterocycles. The number of hydrogen-bond donors (Lipinski definition) is 1. The first-order chi connectivity index (χ1) is 14.9. The van der Waals surface area contributed by atoms with Crippen molar-refractivity contribution in [3.8, 4) is 0 Å². The summed E-state index contributed by atoms with van der Waals surface area (Å²) in [7, 11) is 0. The lowest BCUT2D eigenvalue weighted by molar-refractivity contribution is -0.0411. The Balaban J connectivity index is 1.47. The molecule has 0 bridgehead atoms. The van der Waals surface area contributed by atoms with Gasteiger partial charge in [-0.2, -0.15) is 0 Å². The average Bonchev–Trinajstić information content (AvgIpc) is 3.08. The first-order valence-corrected chi connectivity index (χ1v) is 11.7. The lowest BCUT2D eigenvalue weighted by atomic mass is 9.95. The van der Waals surface area contributed by atoms with Crippen molar-refractivity contribution < 1.29 is 4.74 Å². The molecule has 1 atom stereocenters. The number of benzene rings is 1. The van der Waals surface area contributed by atoms with E-state index in [4.69, 9.17) is 19.7 Å².